The third-order valence-electron chi connectivity index (χ3n) is 3.31. The van der Waals surface area contributed by atoms with Gasteiger partial charge in [-0.3, -0.25) is 0 Å². The molecule has 25 heavy (non-hydrogen) atoms. The van der Waals surface area contributed by atoms with E-state index in [-0.39, 0.29) is 24.0 Å². The van der Waals surface area contributed by atoms with Gasteiger partial charge in [-0.05, 0) is 24.5 Å². The summed E-state index contributed by atoms with van der Waals surface area (Å²) in [7, 11) is 3.39. The van der Waals surface area contributed by atoms with Crippen molar-refractivity contribution >= 4 is 29.9 Å². The van der Waals surface area contributed by atoms with Gasteiger partial charge >= 0.3 is 0 Å². The average molecular weight is 465 g/mol. The van der Waals surface area contributed by atoms with Crippen molar-refractivity contribution in [3.8, 4) is 0 Å². The van der Waals surface area contributed by atoms with Gasteiger partial charge in [0, 0.05) is 40.5 Å². The number of ether oxygens (including phenoxy) is 3. The Labute approximate surface area is 168 Å². The second-order valence-corrected chi connectivity index (χ2v) is 5.31. The van der Waals surface area contributed by atoms with Crippen LogP contribution in [0, 0.1) is 0 Å². The lowest BCUT2D eigenvalue weighted by molar-refractivity contribution is 0.145. The van der Waals surface area contributed by atoms with E-state index < -0.39 is 0 Å². The zero-order valence-corrected chi connectivity index (χ0v) is 17.9. The molecule has 7 heteroatoms. The number of nitrogens with one attached hydrogen (secondary N) is 2. The lowest BCUT2D eigenvalue weighted by Crippen LogP contribution is -2.39. The summed E-state index contributed by atoms with van der Waals surface area (Å²) >= 11 is 0. The maximum Gasteiger partial charge on any atom is 0.191 e. The summed E-state index contributed by atoms with van der Waals surface area (Å²) in [5.74, 6) is 0.796. The quantitative estimate of drug-likeness (QED) is 0.215. The Morgan fingerprint density at radius 3 is 2.28 bits per heavy atom. The number of hydrogen-bond donors (Lipinski definition) is 2. The molecular weight excluding hydrogens is 433 g/mol. The monoisotopic (exact) mass is 465 g/mol. The molecule has 0 fully saturated rings. The van der Waals surface area contributed by atoms with E-state index in [4.69, 9.17) is 14.2 Å². The predicted molar refractivity (Wildman–Crippen MR) is 113 cm³/mol. The maximum absolute atomic E-state index is 5.34. The van der Waals surface area contributed by atoms with Crippen molar-refractivity contribution in [3.63, 3.8) is 0 Å². The van der Waals surface area contributed by atoms with Gasteiger partial charge in [-0.25, -0.2) is 4.99 Å². The van der Waals surface area contributed by atoms with Gasteiger partial charge in [0.2, 0.25) is 0 Å². The molecule has 0 atom stereocenters. The summed E-state index contributed by atoms with van der Waals surface area (Å²) < 4.78 is 15.5. The fourth-order valence-corrected chi connectivity index (χ4v) is 2.05. The Balaban J connectivity index is 0.00000576. The van der Waals surface area contributed by atoms with Crippen molar-refractivity contribution in [2.75, 3.05) is 47.1 Å². The molecule has 6 nitrogen and oxygen atoms in total. The SMILES string of the molecule is CCOCCCNC(=NCc1ccc(COC)cc1)NCCOC.I. The summed E-state index contributed by atoms with van der Waals surface area (Å²) in [5.41, 5.74) is 2.33. The van der Waals surface area contributed by atoms with Crippen LogP contribution in [-0.2, 0) is 27.4 Å². The number of benzene rings is 1. The van der Waals surface area contributed by atoms with Crippen molar-refractivity contribution in [2.45, 2.75) is 26.5 Å². The first kappa shape index (κ1) is 24.1. The van der Waals surface area contributed by atoms with Crippen LogP contribution in [-0.4, -0.2) is 53.1 Å². The number of methoxy groups -OCH3 is 2. The first-order valence-corrected chi connectivity index (χ1v) is 8.45. The van der Waals surface area contributed by atoms with E-state index in [9.17, 15) is 0 Å². The lowest BCUT2D eigenvalue weighted by atomic mass is 10.1. The molecule has 0 heterocycles. The molecule has 0 aromatic heterocycles. The third kappa shape index (κ3) is 12.1. The Kier molecular flexibility index (Phi) is 16.0. The van der Waals surface area contributed by atoms with Crippen LogP contribution in [0.4, 0.5) is 0 Å². The minimum atomic E-state index is 0. The fourth-order valence-electron chi connectivity index (χ4n) is 2.05. The number of guanidine groups is 1. The van der Waals surface area contributed by atoms with Gasteiger partial charge in [0.15, 0.2) is 5.96 Å². The largest absolute Gasteiger partial charge is 0.383 e. The number of nitrogens with zero attached hydrogens (tertiary/aromatic N) is 1. The highest BCUT2D eigenvalue weighted by molar-refractivity contribution is 14.0. The van der Waals surface area contributed by atoms with Crippen LogP contribution >= 0.6 is 24.0 Å². The highest BCUT2D eigenvalue weighted by Crippen LogP contribution is 2.06. The van der Waals surface area contributed by atoms with E-state index in [1.165, 1.54) is 0 Å². The molecule has 0 bridgehead atoms. The van der Waals surface area contributed by atoms with Gasteiger partial charge in [0.25, 0.3) is 0 Å². The molecule has 0 unspecified atom stereocenters. The van der Waals surface area contributed by atoms with E-state index in [1.54, 1.807) is 14.2 Å². The van der Waals surface area contributed by atoms with Crippen molar-refractivity contribution in [3.05, 3.63) is 35.4 Å². The highest BCUT2D eigenvalue weighted by atomic mass is 127. The summed E-state index contributed by atoms with van der Waals surface area (Å²) in [4.78, 5) is 4.63. The molecule has 0 saturated carbocycles. The third-order valence-corrected chi connectivity index (χ3v) is 3.31. The van der Waals surface area contributed by atoms with Crippen LogP contribution in [0.15, 0.2) is 29.3 Å². The topological polar surface area (TPSA) is 64.1 Å². The van der Waals surface area contributed by atoms with E-state index in [0.29, 0.717) is 19.8 Å². The van der Waals surface area contributed by atoms with Crippen LogP contribution in [0.5, 0.6) is 0 Å². The Morgan fingerprint density at radius 2 is 1.64 bits per heavy atom. The van der Waals surface area contributed by atoms with Crippen molar-refractivity contribution in [1.82, 2.24) is 10.6 Å². The van der Waals surface area contributed by atoms with Crippen LogP contribution in [0.1, 0.15) is 24.5 Å². The molecule has 0 amide bonds. The Bertz CT molecular complexity index is 455. The number of halogens is 1. The summed E-state index contributed by atoms with van der Waals surface area (Å²) in [6, 6.07) is 8.31. The van der Waals surface area contributed by atoms with Gasteiger partial charge in [0.05, 0.1) is 19.8 Å². The van der Waals surface area contributed by atoms with Gasteiger partial charge in [-0.1, -0.05) is 24.3 Å². The zero-order chi connectivity index (χ0) is 17.5. The molecule has 2 N–H and O–H groups in total. The second kappa shape index (κ2) is 16.6. The van der Waals surface area contributed by atoms with E-state index in [1.807, 2.05) is 6.92 Å². The van der Waals surface area contributed by atoms with Gasteiger partial charge < -0.3 is 24.8 Å². The molecular formula is C18H32IN3O3. The molecule has 0 aliphatic heterocycles. The molecule has 1 aromatic carbocycles. The minimum absolute atomic E-state index is 0. The van der Waals surface area contributed by atoms with Crippen molar-refractivity contribution in [2.24, 2.45) is 4.99 Å². The van der Waals surface area contributed by atoms with Gasteiger partial charge in [0.1, 0.15) is 0 Å². The van der Waals surface area contributed by atoms with E-state index in [0.717, 1.165) is 49.8 Å². The molecule has 0 aliphatic carbocycles. The zero-order valence-electron chi connectivity index (χ0n) is 15.5. The maximum atomic E-state index is 5.34. The standard InChI is InChI=1S/C18H31N3O3.HI/c1-4-24-12-5-10-19-18(20-11-13-22-2)21-14-16-6-8-17(9-7-16)15-23-3;/h6-9H,4-5,10-15H2,1-3H3,(H2,19,20,21);1H. The normalized spacial score (nSPS) is 11.1. The summed E-state index contributed by atoms with van der Waals surface area (Å²) in [5, 5.41) is 6.59. The van der Waals surface area contributed by atoms with Gasteiger partial charge in [-0.15, -0.1) is 24.0 Å². The number of rotatable bonds is 12. The highest BCUT2D eigenvalue weighted by Gasteiger charge is 1.99. The van der Waals surface area contributed by atoms with Crippen molar-refractivity contribution in [1.29, 1.82) is 0 Å². The van der Waals surface area contributed by atoms with E-state index >= 15 is 0 Å². The Hall–Kier alpha value is -0.900. The first-order valence-electron chi connectivity index (χ1n) is 8.45. The fraction of sp³-hybridized carbons (Fsp3) is 0.611. The molecule has 144 valence electrons. The molecule has 1 rings (SSSR count). The molecule has 0 spiro atoms. The minimum Gasteiger partial charge on any atom is -0.383 e. The van der Waals surface area contributed by atoms with Crippen LogP contribution in [0.25, 0.3) is 0 Å². The second-order valence-electron chi connectivity index (χ2n) is 5.31. The van der Waals surface area contributed by atoms with Crippen molar-refractivity contribution < 1.29 is 14.2 Å². The average Bonchev–Trinajstić information content (AvgIpc) is 2.60. The van der Waals surface area contributed by atoms with Gasteiger partial charge in [-0.2, -0.15) is 0 Å². The summed E-state index contributed by atoms with van der Waals surface area (Å²) in [6.07, 6.45) is 0.949. The molecule has 0 radical (unpaired) electrons. The molecule has 0 aliphatic rings. The summed E-state index contributed by atoms with van der Waals surface area (Å²) in [6.45, 7) is 6.97. The number of aliphatic imine (C=N–C) groups is 1. The lowest BCUT2D eigenvalue weighted by Gasteiger charge is -2.12. The first-order chi connectivity index (χ1) is 11.8. The number of hydrogen-bond acceptors (Lipinski definition) is 4. The molecule has 1 aromatic rings. The Morgan fingerprint density at radius 1 is 0.960 bits per heavy atom. The smallest absolute Gasteiger partial charge is 0.191 e. The van der Waals surface area contributed by atoms with Crippen LogP contribution in [0.3, 0.4) is 0 Å². The van der Waals surface area contributed by atoms with Crippen LogP contribution < -0.4 is 10.6 Å². The van der Waals surface area contributed by atoms with E-state index in [2.05, 4.69) is 39.9 Å². The predicted octanol–water partition coefficient (Wildman–Crippen LogP) is 2.56. The molecule has 0 saturated heterocycles. The van der Waals surface area contributed by atoms with Crippen LogP contribution in [0.2, 0.25) is 0 Å².